The van der Waals surface area contributed by atoms with Crippen LogP contribution in [-0.2, 0) is 0 Å². The third-order valence-corrected chi connectivity index (χ3v) is 4.93. The topological polar surface area (TPSA) is 6.48 Å². The Kier molecular flexibility index (Phi) is 5.71. The Hall–Kier alpha value is -1.18. The molecule has 0 radical (unpaired) electrons. The molecule has 0 aliphatic heterocycles. The maximum atomic E-state index is 4.34. The Morgan fingerprint density at radius 3 is 1.55 bits per heavy atom. The number of nitrogens with zero attached hydrogens (tertiary/aromatic N) is 2. The van der Waals surface area contributed by atoms with Gasteiger partial charge in [0.25, 0.3) is 0 Å². The smallest absolute Gasteiger partial charge is 0.0732 e. The van der Waals surface area contributed by atoms with Gasteiger partial charge >= 0.3 is 0 Å². The van der Waals surface area contributed by atoms with Gasteiger partial charge in [0.2, 0.25) is 0 Å². The zero-order valence-corrected chi connectivity index (χ0v) is 15.1. The SMILES string of the molecule is C=C(C(C)C)N(C)C(C)(C)C(=C)N(C)C(C)(C)C(=C)C. The normalized spacial score (nSPS) is 12.3. The molecule has 0 aromatic carbocycles. The summed E-state index contributed by atoms with van der Waals surface area (Å²) in [7, 11) is 4.18. The van der Waals surface area contributed by atoms with E-state index in [0.29, 0.717) is 5.92 Å². The van der Waals surface area contributed by atoms with Crippen molar-refractivity contribution in [2.75, 3.05) is 14.1 Å². The first-order valence-corrected chi connectivity index (χ1v) is 7.29. The Morgan fingerprint density at radius 1 is 0.850 bits per heavy atom. The van der Waals surface area contributed by atoms with Gasteiger partial charge in [-0.25, -0.2) is 0 Å². The molecule has 0 saturated heterocycles. The summed E-state index contributed by atoms with van der Waals surface area (Å²) < 4.78 is 0. The predicted molar refractivity (Wildman–Crippen MR) is 91.6 cm³/mol. The molecule has 0 unspecified atom stereocenters. The highest BCUT2D eigenvalue weighted by molar-refractivity contribution is 5.23. The molecule has 2 heteroatoms. The fourth-order valence-electron chi connectivity index (χ4n) is 1.97. The fraction of sp³-hybridized carbons (Fsp3) is 0.667. The van der Waals surface area contributed by atoms with Gasteiger partial charge < -0.3 is 9.80 Å². The molecular weight excluding hydrogens is 244 g/mol. The standard InChI is InChI=1S/C18H34N2/c1-13(2)15(5)19(11)18(9,10)16(6)20(12)17(7,8)14(3)4/h13H,3,5-6H2,1-2,4,7-12H3. The molecule has 0 aromatic rings. The van der Waals surface area contributed by atoms with Crippen LogP contribution in [0.1, 0.15) is 48.5 Å². The largest absolute Gasteiger partial charge is 0.368 e. The molecule has 0 atom stereocenters. The van der Waals surface area contributed by atoms with E-state index in [1.165, 1.54) is 0 Å². The second-order valence-corrected chi connectivity index (χ2v) is 7.11. The van der Waals surface area contributed by atoms with Gasteiger partial charge in [-0.2, -0.15) is 0 Å². The van der Waals surface area contributed by atoms with Crippen molar-refractivity contribution in [1.82, 2.24) is 9.80 Å². The van der Waals surface area contributed by atoms with E-state index < -0.39 is 0 Å². The molecule has 0 rings (SSSR count). The van der Waals surface area contributed by atoms with Crippen molar-refractivity contribution in [3.05, 3.63) is 36.7 Å². The lowest BCUT2D eigenvalue weighted by Crippen LogP contribution is -2.52. The molecule has 0 aromatic heterocycles. The maximum Gasteiger partial charge on any atom is 0.0732 e. The van der Waals surface area contributed by atoms with Crippen LogP contribution in [0.25, 0.3) is 0 Å². The first kappa shape index (κ1) is 18.8. The maximum absolute atomic E-state index is 4.34. The number of hydrogen-bond acceptors (Lipinski definition) is 2. The Labute approximate surface area is 126 Å². The van der Waals surface area contributed by atoms with Crippen molar-refractivity contribution in [2.45, 2.75) is 59.5 Å². The van der Waals surface area contributed by atoms with E-state index in [2.05, 4.69) is 92.1 Å². The predicted octanol–water partition coefficient (Wildman–Crippen LogP) is 4.67. The van der Waals surface area contributed by atoms with Gasteiger partial charge in [0, 0.05) is 25.5 Å². The number of rotatable bonds is 7. The number of likely N-dealkylation sites (N-methyl/N-ethyl adjacent to an activating group) is 2. The van der Waals surface area contributed by atoms with E-state index in [0.717, 1.165) is 17.0 Å². The van der Waals surface area contributed by atoms with Crippen LogP contribution >= 0.6 is 0 Å². The molecule has 0 heterocycles. The highest BCUT2D eigenvalue weighted by Crippen LogP contribution is 2.34. The molecular formula is C18H34N2. The monoisotopic (exact) mass is 278 g/mol. The van der Waals surface area contributed by atoms with Crippen LogP contribution in [0.15, 0.2) is 36.7 Å². The third kappa shape index (κ3) is 3.47. The number of hydrogen-bond donors (Lipinski definition) is 0. The van der Waals surface area contributed by atoms with E-state index in [1.54, 1.807) is 0 Å². The lowest BCUT2D eigenvalue weighted by Gasteiger charge is -2.49. The summed E-state index contributed by atoms with van der Waals surface area (Å²) >= 11 is 0. The van der Waals surface area contributed by atoms with Crippen LogP contribution in [0.4, 0.5) is 0 Å². The van der Waals surface area contributed by atoms with Crippen LogP contribution in [-0.4, -0.2) is 35.0 Å². The lowest BCUT2D eigenvalue weighted by atomic mass is 9.89. The van der Waals surface area contributed by atoms with Crippen molar-refractivity contribution >= 4 is 0 Å². The van der Waals surface area contributed by atoms with Crippen molar-refractivity contribution < 1.29 is 0 Å². The van der Waals surface area contributed by atoms with Gasteiger partial charge in [-0.1, -0.05) is 39.2 Å². The summed E-state index contributed by atoms with van der Waals surface area (Å²) in [5.41, 5.74) is 3.01. The van der Waals surface area contributed by atoms with Crippen molar-refractivity contribution in [3.63, 3.8) is 0 Å². The summed E-state index contributed by atoms with van der Waals surface area (Å²) in [6.07, 6.45) is 0. The quantitative estimate of drug-likeness (QED) is 0.625. The molecule has 0 aliphatic rings. The second kappa shape index (κ2) is 6.07. The highest BCUT2D eigenvalue weighted by Gasteiger charge is 2.35. The minimum absolute atomic E-state index is 0.117. The molecule has 116 valence electrons. The molecule has 0 fully saturated rings. The first-order valence-electron chi connectivity index (χ1n) is 7.29. The summed E-state index contributed by atoms with van der Waals surface area (Å²) in [6.45, 7) is 27.8. The van der Waals surface area contributed by atoms with Crippen LogP contribution < -0.4 is 0 Å². The molecule has 0 spiro atoms. The van der Waals surface area contributed by atoms with Crippen LogP contribution in [0.3, 0.4) is 0 Å². The second-order valence-electron chi connectivity index (χ2n) is 7.11. The molecule has 0 saturated carbocycles. The molecule has 20 heavy (non-hydrogen) atoms. The van der Waals surface area contributed by atoms with Gasteiger partial charge in [-0.3, -0.25) is 0 Å². The van der Waals surface area contributed by atoms with Gasteiger partial charge in [0.15, 0.2) is 0 Å². The molecule has 0 amide bonds. The molecule has 2 nitrogen and oxygen atoms in total. The van der Waals surface area contributed by atoms with Gasteiger partial charge in [-0.05, 0) is 40.5 Å². The zero-order valence-electron chi connectivity index (χ0n) is 15.1. The summed E-state index contributed by atoms with van der Waals surface area (Å²) in [5.74, 6) is 0.423. The van der Waals surface area contributed by atoms with Crippen molar-refractivity contribution in [1.29, 1.82) is 0 Å². The Morgan fingerprint density at radius 2 is 1.25 bits per heavy atom. The fourth-order valence-corrected chi connectivity index (χ4v) is 1.97. The average molecular weight is 278 g/mol. The summed E-state index contributed by atoms with van der Waals surface area (Å²) in [4.78, 5) is 4.45. The molecule has 0 bridgehead atoms. The van der Waals surface area contributed by atoms with Crippen LogP contribution in [0.2, 0.25) is 0 Å². The minimum Gasteiger partial charge on any atom is -0.368 e. The zero-order chi connectivity index (χ0) is 16.5. The van der Waals surface area contributed by atoms with Gasteiger partial charge in [0.05, 0.1) is 11.1 Å². The van der Waals surface area contributed by atoms with E-state index in [9.17, 15) is 0 Å². The lowest BCUT2D eigenvalue weighted by molar-refractivity contribution is 0.143. The van der Waals surface area contributed by atoms with E-state index in [-0.39, 0.29) is 11.1 Å². The number of allylic oxidation sites excluding steroid dienone is 1. The molecule has 0 N–H and O–H groups in total. The average Bonchev–Trinajstić information content (AvgIpc) is 2.34. The van der Waals surface area contributed by atoms with E-state index >= 15 is 0 Å². The van der Waals surface area contributed by atoms with E-state index in [4.69, 9.17) is 0 Å². The van der Waals surface area contributed by atoms with E-state index in [1.807, 2.05) is 0 Å². The third-order valence-electron chi connectivity index (χ3n) is 4.93. The summed E-state index contributed by atoms with van der Waals surface area (Å²) in [6, 6.07) is 0. The van der Waals surface area contributed by atoms with Crippen LogP contribution in [0, 0.1) is 5.92 Å². The Balaban J connectivity index is 5.37. The van der Waals surface area contributed by atoms with Crippen LogP contribution in [0.5, 0.6) is 0 Å². The van der Waals surface area contributed by atoms with Crippen molar-refractivity contribution in [2.24, 2.45) is 5.92 Å². The van der Waals surface area contributed by atoms with Crippen molar-refractivity contribution in [3.8, 4) is 0 Å². The summed E-state index contributed by atoms with van der Waals surface area (Å²) in [5, 5.41) is 0. The molecule has 0 aliphatic carbocycles. The Bertz CT molecular complexity index is 400. The highest BCUT2D eigenvalue weighted by atomic mass is 15.3. The van der Waals surface area contributed by atoms with Gasteiger partial charge in [0.1, 0.15) is 0 Å². The van der Waals surface area contributed by atoms with Gasteiger partial charge in [-0.15, -0.1) is 0 Å². The minimum atomic E-state index is -0.192. The first-order chi connectivity index (χ1) is 8.77.